The molecule has 0 aliphatic carbocycles. The zero-order chi connectivity index (χ0) is 19.3. The largest absolute Gasteiger partial charge is 0.331 e. The van der Waals surface area contributed by atoms with Gasteiger partial charge < -0.3 is 5.32 Å². The smallest absolute Gasteiger partial charge is 0.240 e. The Bertz CT molecular complexity index is 936. The number of thiocarbonyl (C=S) groups is 1. The summed E-state index contributed by atoms with van der Waals surface area (Å²) in [6, 6.07) is 12.4. The summed E-state index contributed by atoms with van der Waals surface area (Å²) < 4.78 is 25.8. The number of sulfonamides is 1. The Labute approximate surface area is 159 Å². The SMILES string of the molecule is CNS(=O)(=O)c1ccc(/C(C)=N/NC(=S)Nc2cccc(C)c2C)cc1. The molecule has 0 unspecified atom stereocenters. The van der Waals surface area contributed by atoms with E-state index in [9.17, 15) is 8.42 Å². The molecule has 138 valence electrons. The van der Waals surface area contributed by atoms with Gasteiger partial charge in [0.15, 0.2) is 5.11 Å². The summed E-state index contributed by atoms with van der Waals surface area (Å²) in [4.78, 5) is 0.205. The molecule has 2 rings (SSSR count). The first-order valence-corrected chi connectivity index (χ1v) is 9.85. The Morgan fingerprint density at radius 3 is 2.35 bits per heavy atom. The second kappa shape index (κ2) is 8.39. The van der Waals surface area contributed by atoms with Crippen LogP contribution in [-0.4, -0.2) is 26.3 Å². The zero-order valence-electron chi connectivity index (χ0n) is 15.1. The maximum Gasteiger partial charge on any atom is 0.240 e. The first kappa shape index (κ1) is 20.0. The molecular weight excluding hydrogens is 368 g/mol. The summed E-state index contributed by atoms with van der Waals surface area (Å²) in [7, 11) is -2.07. The van der Waals surface area contributed by atoms with Gasteiger partial charge in [0.05, 0.1) is 10.6 Å². The van der Waals surface area contributed by atoms with Crippen LogP contribution >= 0.6 is 12.2 Å². The summed E-state index contributed by atoms with van der Waals surface area (Å²) >= 11 is 5.28. The van der Waals surface area contributed by atoms with Gasteiger partial charge in [-0.25, -0.2) is 13.1 Å². The van der Waals surface area contributed by atoms with Crippen molar-refractivity contribution in [1.29, 1.82) is 0 Å². The van der Waals surface area contributed by atoms with Crippen molar-refractivity contribution in [3.05, 3.63) is 59.2 Å². The second-order valence-corrected chi connectivity index (χ2v) is 8.04. The third-order valence-corrected chi connectivity index (χ3v) is 5.65. The number of hydrogen-bond acceptors (Lipinski definition) is 4. The van der Waals surface area contributed by atoms with Gasteiger partial charge in [-0.3, -0.25) is 5.43 Å². The van der Waals surface area contributed by atoms with Crippen molar-refractivity contribution in [3.8, 4) is 0 Å². The molecule has 0 radical (unpaired) electrons. The van der Waals surface area contributed by atoms with Crippen LogP contribution in [0.3, 0.4) is 0 Å². The van der Waals surface area contributed by atoms with Gasteiger partial charge in [0.1, 0.15) is 0 Å². The number of anilines is 1. The molecule has 0 amide bonds. The van der Waals surface area contributed by atoms with Gasteiger partial charge in [0, 0.05) is 5.69 Å². The minimum absolute atomic E-state index is 0.205. The molecule has 8 heteroatoms. The van der Waals surface area contributed by atoms with E-state index in [0.29, 0.717) is 10.8 Å². The fraction of sp³-hybridized carbons (Fsp3) is 0.222. The molecule has 0 saturated heterocycles. The maximum absolute atomic E-state index is 11.7. The molecule has 2 aromatic carbocycles. The molecule has 0 fully saturated rings. The Hall–Kier alpha value is -2.29. The van der Waals surface area contributed by atoms with Gasteiger partial charge in [0.2, 0.25) is 10.0 Å². The third-order valence-electron chi connectivity index (χ3n) is 4.03. The van der Waals surface area contributed by atoms with Crippen LogP contribution in [0.15, 0.2) is 52.5 Å². The van der Waals surface area contributed by atoms with E-state index in [2.05, 4.69) is 20.6 Å². The first-order chi connectivity index (χ1) is 12.2. The van der Waals surface area contributed by atoms with E-state index < -0.39 is 10.0 Å². The van der Waals surface area contributed by atoms with Crippen LogP contribution in [0.25, 0.3) is 0 Å². The van der Waals surface area contributed by atoms with Crippen molar-refractivity contribution in [2.45, 2.75) is 25.7 Å². The van der Waals surface area contributed by atoms with Gasteiger partial charge in [-0.2, -0.15) is 5.10 Å². The number of benzene rings is 2. The monoisotopic (exact) mass is 390 g/mol. The van der Waals surface area contributed by atoms with Crippen LogP contribution in [0.1, 0.15) is 23.6 Å². The molecule has 6 nitrogen and oxygen atoms in total. The third kappa shape index (κ3) is 4.87. The fourth-order valence-corrected chi connectivity index (χ4v) is 3.11. The van der Waals surface area contributed by atoms with Crippen LogP contribution in [0.5, 0.6) is 0 Å². The molecule has 2 aromatic rings. The Balaban J connectivity index is 2.05. The molecule has 0 aliphatic heterocycles. The molecule has 0 heterocycles. The topological polar surface area (TPSA) is 82.6 Å². The highest BCUT2D eigenvalue weighted by molar-refractivity contribution is 7.89. The summed E-state index contributed by atoms with van der Waals surface area (Å²) in [5.74, 6) is 0. The van der Waals surface area contributed by atoms with Gasteiger partial charge in [-0.1, -0.05) is 24.3 Å². The Kier molecular flexibility index (Phi) is 6.47. The highest BCUT2D eigenvalue weighted by Gasteiger charge is 2.11. The average Bonchev–Trinajstić information content (AvgIpc) is 2.63. The van der Waals surface area contributed by atoms with E-state index in [-0.39, 0.29) is 4.90 Å². The number of aryl methyl sites for hydroxylation is 1. The quantitative estimate of drug-likeness (QED) is 0.415. The van der Waals surface area contributed by atoms with Gasteiger partial charge >= 0.3 is 0 Å². The van der Waals surface area contributed by atoms with Crippen molar-refractivity contribution in [3.63, 3.8) is 0 Å². The highest BCUT2D eigenvalue weighted by atomic mass is 32.2. The lowest BCUT2D eigenvalue weighted by Crippen LogP contribution is -2.25. The fourth-order valence-electron chi connectivity index (χ4n) is 2.23. The standard InChI is InChI=1S/C18H22N4O2S2/c1-12-6-5-7-17(13(12)2)20-18(25)22-21-14(3)15-8-10-16(11-9-15)26(23,24)19-4/h5-11,19H,1-4H3,(H2,20,22,25)/b21-14+. The van der Waals surface area contributed by atoms with Crippen molar-refractivity contribution in [2.75, 3.05) is 12.4 Å². The number of hydrogen-bond donors (Lipinski definition) is 3. The van der Waals surface area contributed by atoms with Crippen molar-refractivity contribution in [1.82, 2.24) is 10.1 Å². The molecule has 26 heavy (non-hydrogen) atoms. The van der Waals surface area contributed by atoms with E-state index in [1.54, 1.807) is 12.1 Å². The predicted octanol–water partition coefficient (Wildman–Crippen LogP) is 2.92. The molecule has 0 aliphatic rings. The summed E-state index contributed by atoms with van der Waals surface area (Å²) in [6.07, 6.45) is 0. The van der Waals surface area contributed by atoms with Crippen LogP contribution in [0, 0.1) is 13.8 Å². The van der Waals surface area contributed by atoms with Crippen LogP contribution in [-0.2, 0) is 10.0 Å². The second-order valence-electron chi connectivity index (χ2n) is 5.74. The molecule has 0 spiro atoms. The first-order valence-electron chi connectivity index (χ1n) is 7.96. The number of rotatable bonds is 5. The van der Waals surface area contributed by atoms with Crippen LogP contribution in [0.4, 0.5) is 5.69 Å². The van der Waals surface area contributed by atoms with E-state index in [1.807, 2.05) is 39.0 Å². The normalized spacial score (nSPS) is 11.9. The zero-order valence-corrected chi connectivity index (χ0v) is 16.8. The molecule has 0 bridgehead atoms. The molecule has 3 N–H and O–H groups in total. The number of nitrogens with zero attached hydrogens (tertiary/aromatic N) is 1. The lowest BCUT2D eigenvalue weighted by atomic mass is 10.1. The number of nitrogens with one attached hydrogen (secondary N) is 3. The summed E-state index contributed by atoms with van der Waals surface area (Å²) in [6.45, 7) is 5.88. The van der Waals surface area contributed by atoms with Gasteiger partial charge in [-0.05, 0) is 74.9 Å². The molecular formula is C18H22N4O2S2. The maximum atomic E-state index is 11.7. The van der Waals surface area contributed by atoms with E-state index >= 15 is 0 Å². The minimum Gasteiger partial charge on any atom is -0.331 e. The van der Waals surface area contributed by atoms with E-state index in [1.165, 1.54) is 24.7 Å². The Morgan fingerprint density at radius 2 is 1.73 bits per heavy atom. The van der Waals surface area contributed by atoms with E-state index in [4.69, 9.17) is 12.2 Å². The van der Waals surface area contributed by atoms with Crippen molar-refractivity contribution < 1.29 is 8.42 Å². The highest BCUT2D eigenvalue weighted by Crippen LogP contribution is 2.17. The van der Waals surface area contributed by atoms with Gasteiger partial charge in [0.25, 0.3) is 0 Å². The lowest BCUT2D eigenvalue weighted by Gasteiger charge is -2.12. The molecule has 0 aromatic heterocycles. The van der Waals surface area contributed by atoms with Crippen molar-refractivity contribution >= 4 is 38.8 Å². The van der Waals surface area contributed by atoms with Crippen LogP contribution in [0.2, 0.25) is 0 Å². The lowest BCUT2D eigenvalue weighted by molar-refractivity contribution is 0.588. The van der Waals surface area contributed by atoms with Gasteiger partial charge in [-0.15, -0.1) is 0 Å². The average molecular weight is 391 g/mol. The number of hydrazone groups is 1. The summed E-state index contributed by atoms with van der Waals surface area (Å²) in [5, 5.41) is 7.75. The van der Waals surface area contributed by atoms with E-state index in [0.717, 1.165) is 16.8 Å². The molecule has 0 atom stereocenters. The Morgan fingerprint density at radius 1 is 1.08 bits per heavy atom. The molecule has 0 saturated carbocycles. The predicted molar refractivity (Wildman–Crippen MR) is 110 cm³/mol. The van der Waals surface area contributed by atoms with Crippen LogP contribution < -0.4 is 15.5 Å². The minimum atomic E-state index is -3.44. The summed E-state index contributed by atoms with van der Waals surface area (Å²) in [5.41, 5.74) is 7.51. The van der Waals surface area contributed by atoms with Crippen molar-refractivity contribution in [2.24, 2.45) is 5.10 Å².